The van der Waals surface area contributed by atoms with Crippen LogP contribution in [0.25, 0.3) is 128 Å². The molecule has 0 N–H and O–H groups in total. The van der Waals surface area contributed by atoms with Gasteiger partial charge in [0.15, 0.2) is 17.5 Å². The van der Waals surface area contributed by atoms with Crippen molar-refractivity contribution in [3.63, 3.8) is 0 Å². The molecule has 4 heterocycles. The number of para-hydroxylation sites is 4. The quantitative estimate of drug-likeness (QED) is 0.156. The summed E-state index contributed by atoms with van der Waals surface area (Å²) in [6.45, 7) is 0. The molecule has 4 aromatic heterocycles. The van der Waals surface area contributed by atoms with Crippen molar-refractivity contribution in [1.29, 1.82) is 0 Å². The van der Waals surface area contributed by atoms with Gasteiger partial charge in [0.2, 0.25) is 0 Å². The average Bonchev–Trinajstić information content (AvgIpc) is 3.93. The summed E-state index contributed by atoms with van der Waals surface area (Å²) in [5.74, 6) is 1.84. The fourth-order valence-corrected chi connectivity index (χ4v) is 9.45. The van der Waals surface area contributed by atoms with Crippen molar-refractivity contribution in [2.45, 2.75) is 0 Å². The Balaban J connectivity index is 0.937. The van der Waals surface area contributed by atoms with E-state index in [0.717, 1.165) is 105 Å². The van der Waals surface area contributed by atoms with Crippen LogP contribution in [0.3, 0.4) is 0 Å². The number of nitrogens with zero attached hydrogens (tertiary/aromatic N) is 5. The molecule has 0 aliphatic rings. The van der Waals surface area contributed by atoms with E-state index < -0.39 is 0 Å². The van der Waals surface area contributed by atoms with E-state index in [-0.39, 0.29) is 0 Å². The number of fused-ring (bicyclic) bond motifs is 10. The summed E-state index contributed by atoms with van der Waals surface area (Å²) in [6, 6.07) is 73.7. The van der Waals surface area contributed by atoms with Crippen LogP contribution in [0, 0.1) is 0 Å². The molecule has 298 valence electrons. The zero-order valence-electron chi connectivity index (χ0n) is 34.4. The molecule has 0 saturated heterocycles. The lowest BCUT2D eigenvalue weighted by Gasteiger charge is -2.10. The molecule has 0 aliphatic carbocycles. The van der Waals surface area contributed by atoms with E-state index in [1.54, 1.807) is 0 Å². The number of furan rings is 1. The first-order valence-corrected chi connectivity index (χ1v) is 21.5. The van der Waals surface area contributed by atoms with E-state index in [0.29, 0.717) is 17.5 Å². The summed E-state index contributed by atoms with van der Waals surface area (Å²) >= 11 is 0. The Morgan fingerprint density at radius 2 is 0.875 bits per heavy atom. The molecule has 0 aliphatic heterocycles. The van der Waals surface area contributed by atoms with E-state index >= 15 is 0 Å². The van der Waals surface area contributed by atoms with Gasteiger partial charge < -0.3 is 8.98 Å². The summed E-state index contributed by atoms with van der Waals surface area (Å²) in [7, 11) is 0. The van der Waals surface area contributed by atoms with Crippen molar-refractivity contribution in [2.75, 3.05) is 0 Å². The third kappa shape index (κ3) is 5.73. The lowest BCUT2D eigenvalue weighted by atomic mass is 9.97. The standard InChI is InChI=1S/C58H35N5O/c1-4-15-37(16-5-1)53-47-33-32-45-44-24-14-23-42(54(44)64-55(45)52(47)46-22-10-12-25-49(46)59-53)36-27-29-39(30-28-36)57-60-56(38-17-6-2-7-18-38)61-58(62-57)40-31-34-51-48(35-40)43-21-11-13-26-50(43)63(51)41-19-8-3-9-20-41/h1-35H. The molecular formula is C58H35N5O. The molecule has 6 nitrogen and oxygen atoms in total. The highest BCUT2D eigenvalue weighted by molar-refractivity contribution is 6.25. The molecule has 9 aromatic carbocycles. The van der Waals surface area contributed by atoms with Gasteiger partial charge in [0, 0.05) is 71.2 Å². The summed E-state index contributed by atoms with van der Waals surface area (Å²) in [5.41, 5.74) is 12.8. The van der Waals surface area contributed by atoms with Gasteiger partial charge in [0.25, 0.3) is 0 Å². The number of aromatic nitrogens is 5. The van der Waals surface area contributed by atoms with Crippen molar-refractivity contribution >= 4 is 65.4 Å². The van der Waals surface area contributed by atoms with Crippen LogP contribution in [0.15, 0.2) is 217 Å². The molecule has 0 atom stereocenters. The van der Waals surface area contributed by atoms with Gasteiger partial charge in [-0.2, -0.15) is 0 Å². The SMILES string of the molecule is c1ccc(-c2nc(-c3ccc(-c4cccc5c4oc4c5ccc5c(-c6ccccc6)nc6ccccc6c54)cc3)nc(-c3ccc4c(c3)c3ccccc3n4-c3ccccc3)n2)cc1. The second-order valence-electron chi connectivity index (χ2n) is 16.2. The highest BCUT2D eigenvalue weighted by atomic mass is 16.3. The summed E-state index contributed by atoms with van der Waals surface area (Å²) < 4.78 is 9.34. The number of pyridine rings is 1. The van der Waals surface area contributed by atoms with E-state index in [1.165, 1.54) is 5.39 Å². The van der Waals surface area contributed by atoms with Gasteiger partial charge in [-0.05, 0) is 54.1 Å². The predicted molar refractivity (Wildman–Crippen MR) is 261 cm³/mol. The number of hydrogen-bond acceptors (Lipinski definition) is 5. The molecule has 6 heteroatoms. The summed E-state index contributed by atoms with van der Waals surface area (Å²) in [4.78, 5) is 20.5. The Kier molecular flexibility index (Phi) is 8.11. The molecule has 0 fully saturated rings. The van der Waals surface area contributed by atoms with Gasteiger partial charge in [0.05, 0.1) is 22.2 Å². The van der Waals surface area contributed by atoms with Gasteiger partial charge in [-0.15, -0.1) is 0 Å². The topological polar surface area (TPSA) is 69.6 Å². The van der Waals surface area contributed by atoms with Gasteiger partial charge in [0.1, 0.15) is 11.2 Å². The van der Waals surface area contributed by atoms with Gasteiger partial charge in [-0.3, -0.25) is 0 Å². The first kappa shape index (κ1) is 36.0. The molecule has 13 rings (SSSR count). The Hall–Kier alpha value is -8.74. The smallest absolute Gasteiger partial charge is 0.164 e. The van der Waals surface area contributed by atoms with Crippen LogP contribution in [-0.2, 0) is 0 Å². The predicted octanol–water partition coefficient (Wildman–Crippen LogP) is 14.9. The minimum absolute atomic E-state index is 0.602. The second-order valence-corrected chi connectivity index (χ2v) is 16.2. The van der Waals surface area contributed by atoms with Crippen molar-refractivity contribution in [1.82, 2.24) is 24.5 Å². The highest BCUT2D eigenvalue weighted by Gasteiger charge is 2.20. The van der Waals surface area contributed by atoms with Crippen molar-refractivity contribution in [3.05, 3.63) is 212 Å². The molecule has 13 aromatic rings. The van der Waals surface area contributed by atoms with E-state index in [2.05, 4.69) is 174 Å². The average molecular weight is 818 g/mol. The van der Waals surface area contributed by atoms with E-state index in [9.17, 15) is 0 Å². The third-order valence-corrected chi connectivity index (χ3v) is 12.4. The molecule has 0 saturated carbocycles. The maximum Gasteiger partial charge on any atom is 0.164 e. The lowest BCUT2D eigenvalue weighted by Crippen LogP contribution is -2.00. The second kappa shape index (κ2) is 14.4. The number of benzene rings is 9. The fraction of sp³-hybridized carbons (Fsp3) is 0. The largest absolute Gasteiger partial charge is 0.455 e. The van der Waals surface area contributed by atoms with Gasteiger partial charge >= 0.3 is 0 Å². The molecule has 0 amide bonds. The third-order valence-electron chi connectivity index (χ3n) is 12.4. The normalized spacial score (nSPS) is 11.8. The fourth-order valence-electron chi connectivity index (χ4n) is 9.45. The van der Waals surface area contributed by atoms with Crippen molar-refractivity contribution in [3.8, 4) is 62.2 Å². The van der Waals surface area contributed by atoms with Crippen LogP contribution in [0.1, 0.15) is 0 Å². The van der Waals surface area contributed by atoms with Crippen molar-refractivity contribution < 1.29 is 4.42 Å². The van der Waals surface area contributed by atoms with E-state index in [4.69, 9.17) is 24.4 Å². The summed E-state index contributed by atoms with van der Waals surface area (Å²) in [6.07, 6.45) is 0. The van der Waals surface area contributed by atoms with Crippen LogP contribution in [-0.4, -0.2) is 24.5 Å². The maximum absolute atomic E-state index is 7.02. The monoisotopic (exact) mass is 817 g/mol. The van der Waals surface area contributed by atoms with Crippen LogP contribution in [0.2, 0.25) is 0 Å². The van der Waals surface area contributed by atoms with Gasteiger partial charge in [-0.25, -0.2) is 19.9 Å². The molecule has 64 heavy (non-hydrogen) atoms. The zero-order chi connectivity index (χ0) is 42.1. The van der Waals surface area contributed by atoms with Crippen LogP contribution in [0.4, 0.5) is 0 Å². The Morgan fingerprint density at radius 1 is 0.328 bits per heavy atom. The Labute approximate surface area is 367 Å². The zero-order valence-corrected chi connectivity index (χ0v) is 34.4. The Bertz CT molecular complexity index is 3930. The molecule has 0 radical (unpaired) electrons. The lowest BCUT2D eigenvalue weighted by molar-refractivity contribution is 0.674. The summed E-state index contributed by atoms with van der Waals surface area (Å²) in [5, 5.41) is 7.65. The van der Waals surface area contributed by atoms with Crippen molar-refractivity contribution in [2.24, 2.45) is 0 Å². The molecular weight excluding hydrogens is 783 g/mol. The minimum Gasteiger partial charge on any atom is -0.455 e. The first-order chi connectivity index (χ1) is 31.7. The molecule has 0 bridgehead atoms. The minimum atomic E-state index is 0.602. The van der Waals surface area contributed by atoms with Gasteiger partial charge in [-0.1, -0.05) is 164 Å². The first-order valence-electron chi connectivity index (χ1n) is 21.5. The van der Waals surface area contributed by atoms with Crippen LogP contribution >= 0.6 is 0 Å². The van der Waals surface area contributed by atoms with E-state index in [1.807, 2.05) is 42.5 Å². The molecule has 0 spiro atoms. The Morgan fingerprint density at radius 3 is 1.64 bits per heavy atom. The number of hydrogen-bond donors (Lipinski definition) is 0. The maximum atomic E-state index is 7.02. The highest BCUT2D eigenvalue weighted by Crippen LogP contribution is 2.43. The van der Waals surface area contributed by atoms with Crippen LogP contribution in [0.5, 0.6) is 0 Å². The van der Waals surface area contributed by atoms with Crippen LogP contribution < -0.4 is 0 Å². The number of rotatable bonds is 6. The molecule has 0 unspecified atom stereocenters.